The minimum Gasteiger partial charge on any atom is -0.497 e. The Hall–Kier alpha value is -4.35. The number of hydrogen-bond acceptors (Lipinski definition) is 9. The van der Waals surface area contributed by atoms with Gasteiger partial charge in [-0.05, 0) is 54.8 Å². The molecule has 4 rings (SSSR count). The van der Waals surface area contributed by atoms with E-state index < -0.39 is 30.1 Å². The number of fused-ring (bicyclic) bond motifs is 3. The number of nitrogens with one attached hydrogen (secondary N) is 1. The van der Waals surface area contributed by atoms with E-state index in [-0.39, 0.29) is 43.3 Å². The molecule has 0 unspecified atom stereocenters. The Morgan fingerprint density at radius 1 is 1.12 bits per heavy atom. The molecule has 0 radical (unpaired) electrons. The highest BCUT2D eigenvalue weighted by atomic mass is 16.5. The van der Waals surface area contributed by atoms with Crippen LogP contribution in [-0.4, -0.2) is 92.5 Å². The highest BCUT2D eigenvalue weighted by Gasteiger charge is 2.51. The Balaban J connectivity index is 1.78. The number of amides is 2. The Labute approximate surface area is 250 Å². The molecule has 0 bridgehead atoms. The molecule has 0 aromatic heterocycles. The Bertz CT molecular complexity index is 1390. The summed E-state index contributed by atoms with van der Waals surface area (Å²) in [5.41, 5.74) is 1.88. The summed E-state index contributed by atoms with van der Waals surface area (Å²) in [6, 6.07) is 7.59. The Kier molecular flexibility index (Phi) is 10.4. The van der Waals surface area contributed by atoms with E-state index in [1.54, 1.807) is 49.5 Å². The number of benzene rings is 2. The van der Waals surface area contributed by atoms with Crippen LogP contribution >= 0.6 is 0 Å². The number of allylic oxidation sites excluding steroid dienone is 1. The van der Waals surface area contributed by atoms with Crippen molar-refractivity contribution < 1.29 is 43.5 Å². The van der Waals surface area contributed by atoms with E-state index in [4.69, 9.17) is 18.9 Å². The first-order valence-corrected chi connectivity index (χ1v) is 14.1. The van der Waals surface area contributed by atoms with Crippen LogP contribution in [-0.2, 0) is 16.0 Å². The number of carbonyl (C=O) groups is 3. The van der Waals surface area contributed by atoms with E-state index in [1.807, 2.05) is 6.07 Å². The average molecular weight is 595 g/mol. The van der Waals surface area contributed by atoms with E-state index >= 15 is 0 Å². The number of aldehydes is 1. The molecule has 2 aliphatic rings. The van der Waals surface area contributed by atoms with Crippen LogP contribution in [0.5, 0.6) is 23.0 Å². The zero-order chi connectivity index (χ0) is 31.1. The van der Waals surface area contributed by atoms with E-state index in [1.165, 1.54) is 13.2 Å². The summed E-state index contributed by atoms with van der Waals surface area (Å²) in [5, 5.41) is 23.8. The minimum atomic E-state index is -1.24. The van der Waals surface area contributed by atoms with Crippen LogP contribution in [0.2, 0.25) is 0 Å². The van der Waals surface area contributed by atoms with Gasteiger partial charge in [0, 0.05) is 36.2 Å². The van der Waals surface area contributed by atoms with E-state index in [0.29, 0.717) is 47.5 Å². The predicted molar refractivity (Wildman–Crippen MR) is 158 cm³/mol. The summed E-state index contributed by atoms with van der Waals surface area (Å²) in [6.45, 7) is 3.64. The monoisotopic (exact) mass is 594 g/mol. The third kappa shape index (κ3) is 6.52. The fraction of sp³-hybridized carbons (Fsp3) is 0.406. The summed E-state index contributed by atoms with van der Waals surface area (Å²) in [6.07, 6.45) is 2.64. The molecule has 2 amide bonds. The van der Waals surface area contributed by atoms with Gasteiger partial charge in [0.05, 0.1) is 39.9 Å². The lowest BCUT2D eigenvalue weighted by Crippen LogP contribution is -2.56. The van der Waals surface area contributed by atoms with Crippen molar-refractivity contribution in [1.82, 2.24) is 10.2 Å². The van der Waals surface area contributed by atoms with Crippen LogP contribution in [0.1, 0.15) is 40.2 Å². The van der Waals surface area contributed by atoms with Gasteiger partial charge in [-0.3, -0.25) is 14.4 Å². The molecule has 43 heavy (non-hydrogen) atoms. The fourth-order valence-corrected chi connectivity index (χ4v) is 5.69. The number of aliphatic hydroxyl groups excluding tert-OH is 2. The largest absolute Gasteiger partial charge is 0.497 e. The standard InChI is InChI=1S/C32H38N2O9/c1-5-6-7-27(37)34(12-10-20-16-21(40-2)8-9-25(20)41-3)24-17-23(32(39)33-11-13-35)28-22-14-19(18-36)15-26(42-4)30(22)43-31(28)29(24)38/h5,8-9,14-18,24,28-29,31,35,38H,1,6-7,10-13H2,2-4H3,(H,33,39)/t24-,28+,29+,31+/m1/s1. The summed E-state index contributed by atoms with van der Waals surface area (Å²) in [5.74, 6) is 0.372. The molecular formula is C32H38N2O9. The molecule has 1 heterocycles. The molecule has 2 aromatic carbocycles. The third-order valence-corrected chi connectivity index (χ3v) is 7.76. The average Bonchev–Trinajstić information content (AvgIpc) is 3.42. The van der Waals surface area contributed by atoms with Crippen LogP contribution in [0.3, 0.4) is 0 Å². The Morgan fingerprint density at radius 2 is 1.88 bits per heavy atom. The van der Waals surface area contributed by atoms with E-state index in [0.717, 1.165) is 5.56 Å². The fourth-order valence-electron chi connectivity index (χ4n) is 5.69. The number of ether oxygens (including phenoxy) is 4. The second-order valence-corrected chi connectivity index (χ2v) is 10.2. The number of aliphatic hydroxyl groups is 2. The van der Waals surface area contributed by atoms with Gasteiger partial charge in [0.25, 0.3) is 0 Å². The van der Waals surface area contributed by atoms with Gasteiger partial charge in [0.15, 0.2) is 11.5 Å². The quantitative estimate of drug-likeness (QED) is 0.222. The van der Waals surface area contributed by atoms with Crippen LogP contribution in [0.4, 0.5) is 0 Å². The lowest BCUT2D eigenvalue weighted by atomic mass is 9.77. The van der Waals surface area contributed by atoms with Gasteiger partial charge in [-0.25, -0.2) is 0 Å². The molecule has 0 saturated carbocycles. The molecule has 1 aliphatic carbocycles. The normalized spacial score (nSPS) is 20.1. The maximum Gasteiger partial charge on any atom is 0.247 e. The molecule has 3 N–H and O–H groups in total. The van der Waals surface area contributed by atoms with Crippen molar-refractivity contribution in [3.8, 4) is 23.0 Å². The maximum atomic E-state index is 13.6. The SMILES string of the molecule is C=CCCC(=O)N(CCc1cc(OC)ccc1OC)[C@@H]1C=C(C(=O)NCCO)[C@@H]2c3cc(C=O)cc(OC)c3O[C@@H]2[C@H]1O. The first-order valence-electron chi connectivity index (χ1n) is 14.1. The highest BCUT2D eigenvalue weighted by molar-refractivity contribution is 5.96. The van der Waals surface area contributed by atoms with Gasteiger partial charge in [0.1, 0.15) is 30.0 Å². The topological polar surface area (TPSA) is 144 Å². The summed E-state index contributed by atoms with van der Waals surface area (Å²) in [7, 11) is 4.56. The van der Waals surface area contributed by atoms with Crippen LogP contribution in [0.25, 0.3) is 0 Å². The van der Waals surface area contributed by atoms with Gasteiger partial charge < -0.3 is 39.4 Å². The van der Waals surface area contributed by atoms with Crippen molar-refractivity contribution in [3.05, 3.63) is 71.3 Å². The molecule has 4 atom stereocenters. The van der Waals surface area contributed by atoms with Crippen LogP contribution in [0.15, 0.2) is 54.6 Å². The van der Waals surface area contributed by atoms with Gasteiger partial charge >= 0.3 is 0 Å². The number of nitrogens with zero attached hydrogens (tertiary/aromatic N) is 1. The van der Waals surface area contributed by atoms with Crippen molar-refractivity contribution in [2.75, 3.05) is 41.0 Å². The summed E-state index contributed by atoms with van der Waals surface area (Å²) >= 11 is 0. The molecule has 0 spiro atoms. The van der Waals surface area contributed by atoms with Crippen molar-refractivity contribution in [2.24, 2.45) is 0 Å². The number of carbonyl (C=O) groups excluding carboxylic acids is 3. The first-order chi connectivity index (χ1) is 20.8. The van der Waals surface area contributed by atoms with Gasteiger partial charge in [-0.2, -0.15) is 0 Å². The first kappa shape index (κ1) is 31.6. The molecule has 11 heteroatoms. The predicted octanol–water partition coefficient (Wildman–Crippen LogP) is 2.19. The van der Waals surface area contributed by atoms with E-state index in [9.17, 15) is 24.6 Å². The lowest BCUT2D eigenvalue weighted by Gasteiger charge is -2.41. The molecule has 2 aromatic rings. The zero-order valence-corrected chi connectivity index (χ0v) is 24.6. The number of methoxy groups -OCH3 is 3. The second-order valence-electron chi connectivity index (χ2n) is 10.2. The summed E-state index contributed by atoms with van der Waals surface area (Å²) < 4.78 is 22.6. The molecule has 1 aliphatic heterocycles. The van der Waals surface area contributed by atoms with Crippen LogP contribution in [0, 0.1) is 0 Å². The van der Waals surface area contributed by atoms with Gasteiger partial charge in [-0.15, -0.1) is 6.58 Å². The van der Waals surface area contributed by atoms with Crippen molar-refractivity contribution in [1.29, 1.82) is 0 Å². The molecule has 11 nitrogen and oxygen atoms in total. The lowest BCUT2D eigenvalue weighted by molar-refractivity contribution is -0.137. The molecule has 0 fully saturated rings. The molecule has 0 saturated heterocycles. The molecule has 230 valence electrons. The maximum absolute atomic E-state index is 13.6. The van der Waals surface area contributed by atoms with Gasteiger partial charge in [-0.1, -0.05) is 6.08 Å². The second kappa shape index (κ2) is 14.2. The van der Waals surface area contributed by atoms with Gasteiger partial charge in [0.2, 0.25) is 11.8 Å². The zero-order valence-electron chi connectivity index (χ0n) is 24.6. The van der Waals surface area contributed by atoms with Crippen molar-refractivity contribution in [3.63, 3.8) is 0 Å². The summed E-state index contributed by atoms with van der Waals surface area (Å²) in [4.78, 5) is 40.4. The smallest absolute Gasteiger partial charge is 0.247 e. The number of rotatable bonds is 14. The minimum absolute atomic E-state index is 0.00378. The third-order valence-electron chi connectivity index (χ3n) is 7.76. The Morgan fingerprint density at radius 3 is 2.53 bits per heavy atom. The highest BCUT2D eigenvalue weighted by Crippen LogP contribution is 2.51. The number of hydrogen-bond donors (Lipinski definition) is 3. The van der Waals surface area contributed by atoms with Crippen molar-refractivity contribution in [2.45, 2.75) is 43.4 Å². The van der Waals surface area contributed by atoms with Crippen molar-refractivity contribution >= 4 is 18.1 Å². The van der Waals surface area contributed by atoms with E-state index in [2.05, 4.69) is 11.9 Å². The van der Waals surface area contributed by atoms with Crippen LogP contribution < -0.4 is 24.3 Å². The molecular weight excluding hydrogens is 556 g/mol.